The lowest BCUT2D eigenvalue weighted by Crippen LogP contribution is -2.38. The van der Waals surface area contributed by atoms with Gasteiger partial charge in [-0.2, -0.15) is 0 Å². The summed E-state index contributed by atoms with van der Waals surface area (Å²) in [5.41, 5.74) is 3.89. The van der Waals surface area contributed by atoms with E-state index in [-0.39, 0.29) is 0 Å². The molecule has 1 saturated heterocycles. The van der Waals surface area contributed by atoms with E-state index in [1.807, 2.05) is 18.2 Å². The zero-order chi connectivity index (χ0) is 18.7. The lowest BCUT2D eigenvalue weighted by molar-refractivity contribution is 0.0341. The molecule has 0 amide bonds. The maximum atomic E-state index is 5.46. The molecule has 0 bridgehead atoms. The van der Waals surface area contributed by atoms with Crippen molar-refractivity contribution in [3.63, 3.8) is 0 Å². The molecule has 0 radical (unpaired) electrons. The molecule has 2 aromatic rings. The van der Waals surface area contributed by atoms with Gasteiger partial charge in [-0.15, -0.1) is 0 Å². The highest BCUT2D eigenvalue weighted by Crippen LogP contribution is 2.13. The van der Waals surface area contributed by atoms with Crippen molar-refractivity contribution >= 4 is 5.96 Å². The number of benzene rings is 2. The van der Waals surface area contributed by atoms with Crippen LogP contribution in [0.15, 0.2) is 59.6 Å². The van der Waals surface area contributed by atoms with Crippen LogP contribution in [0, 0.1) is 0 Å². The fourth-order valence-electron chi connectivity index (χ4n) is 3.16. The standard InChI is InChI=1S/C22H30N4O/c1-2-23-22(24-16-19-8-4-3-5-9-19)25-17-20-10-6-7-11-21(20)18-26-12-14-27-15-13-26/h3-11H,2,12-18H2,1H3,(H2,23,24,25). The average Bonchev–Trinajstić information content (AvgIpc) is 2.72. The Kier molecular flexibility index (Phi) is 7.69. The normalized spacial score (nSPS) is 15.5. The van der Waals surface area contributed by atoms with Crippen LogP contribution in [0.5, 0.6) is 0 Å². The zero-order valence-corrected chi connectivity index (χ0v) is 16.2. The minimum atomic E-state index is 0.672. The van der Waals surface area contributed by atoms with Crippen LogP contribution in [0.4, 0.5) is 0 Å². The molecule has 3 rings (SSSR count). The fourth-order valence-corrected chi connectivity index (χ4v) is 3.16. The molecular formula is C22H30N4O. The van der Waals surface area contributed by atoms with Gasteiger partial charge in [-0.05, 0) is 23.6 Å². The average molecular weight is 367 g/mol. The molecule has 1 aliphatic heterocycles. The summed E-state index contributed by atoms with van der Waals surface area (Å²) < 4.78 is 5.46. The van der Waals surface area contributed by atoms with Crippen molar-refractivity contribution in [2.45, 2.75) is 26.6 Å². The second-order valence-electron chi connectivity index (χ2n) is 6.69. The topological polar surface area (TPSA) is 48.9 Å². The van der Waals surface area contributed by atoms with Gasteiger partial charge in [0.15, 0.2) is 5.96 Å². The number of ether oxygens (including phenoxy) is 1. The van der Waals surface area contributed by atoms with E-state index in [9.17, 15) is 0 Å². The number of hydrogen-bond acceptors (Lipinski definition) is 3. The first-order valence-electron chi connectivity index (χ1n) is 9.78. The van der Waals surface area contributed by atoms with E-state index in [1.165, 1.54) is 16.7 Å². The summed E-state index contributed by atoms with van der Waals surface area (Å²) in [5.74, 6) is 0.850. The SMILES string of the molecule is CCNC(=NCc1ccccc1)NCc1ccccc1CN1CCOCC1. The number of aliphatic imine (C=N–C) groups is 1. The molecule has 1 aliphatic rings. The van der Waals surface area contributed by atoms with E-state index in [0.717, 1.165) is 51.9 Å². The number of rotatable bonds is 7. The summed E-state index contributed by atoms with van der Waals surface area (Å²) in [6.45, 7) is 9.01. The van der Waals surface area contributed by atoms with Crippen LogP contribution in [0.1, 0.15) is 23.6 Å². The van der Waals surface area contributed by atoms with Crippen molar-refractivity contribution in [1.29, 1.82) is 0 Å². The molecule has 0 aromatic heterocycles. The number of nitrogens with zero attached hydrogens (tertiary/aromatic N) is 2. The third-order valence-corrected chi connectivity index (χ3v) is 4.67. The quantitative estimate of drug-likeness (QED) is 0.584. The van der Waals surface area contributed by atoms with Crippen molar-refractivity contribution in [2.24, 2.45) is 4.99 Å². The minimum Gasteiger partial charge on any atom is -0.379 e. The third kappa shape index (κ3) is 6.38. The number of morpholine rings is 1. The van der Waals surface area contributed by atoms with Gasteiger partial charge in [0.25, 0.3) is 0 Å². The Labute approximate surface area is 162 Å². The first-order chi connectivity index (χ1) is 13.3. The highest BCUT2D eigenvalue weighted by Gasteiger charge is 2.12. The lowest BCUT2D eigenvalue weighted by atomic mass is 10.1. The van der Waals surface area contributed by atoms with Crippen LogP contribution in [0.2, 0.25) is 0 Å². The Balaban J connectivity index is 1.61. The van der Waals surface area contributed by atoms with Crippen LogP contribution in [0.25, 0.3) is 0 Å². The molecule has 0 unspecified atom stereocenters. The predicted octanol–water partition coefficient (Wildman–Crippen LogP) is 2.77. The van der Waals surface area contributed by atoms with E-state index in [4.69, 9.17) is 9.73 Å². The third-order valence-electron chi connectivity index (χ3n) is 4.67. The van der Waals surface area contributed by atoms with Crippen molar-refractivity contribution in [2.75, 3.05) is 32.8 Å². The summed E-state index contributed by atoms with van der Waals surface area (Å²) in [5, 5.41) is 6.82. The van der Waals surface area contributed by atoms with Crippen LogP contribution >= 0.6 is 0 Å². The van der Waals surface area contributed by atoms with Crippen molar-refractivity contribution in [1.82, 2.24) is 15.5 Å². The second kappa shape index (κ2) is 10.7. The van der Waals surface area contributed by atoms with E-state index in [1.54, 1.807) is 0 Å². The smallest absolute Gasteiger partial charge is 0.191 e. The number of guanidine groups is 1. The van der Waals surface area contributed by atoms with Crippen LogP contribution < -0.4 is 10.6 Å². The second-order valence-corrected chi connectivity index (χ2v) is 6.69. The molecule has 27 heavy (non-hydrogen) atoms. The van der Waals surface area contributed by atoms with Gasteiger partial charge < -0.3 is 15.4 Å². The Morgan fingerprint density at radius 2 is 1.67 bits per heavy atom. The van der Waals surface area contributed by atoms with Crippen molar-refractivity contribution in [3.05, 3.63) is 71.3 Å². The predicted molar refractivity (Wildman–Crippen MR) is 111 cm³/mol. The summed E-state index contributed by atoms with van der Waals surface area (Å²) in [6, 6.07) is 19.0. The van der Waals surface area contributed by atoms with Gasteiger partial charge >= 0.3 is 0 Å². The van der Waals surface area contributed by atoms with Gasteiger partial charge in [-0.1, -0.05) is 54.6 Å². The molecule has 5 heteroatoms. The molecule has 5 nitrogen and oxygen atoms in total. The molecule has 2 aromatic carbocycles. The molecule has 2 N–H and O–H groups in total. The largest absolute Gasteiger partial charge is 0.379 e. The Morgan fingerprint density at radius 3 is 2.41 bits per heavy atom. The van der Waals surface area contributed by atoms with E-state index < -0.39 is 0 Å². The molecule has 0 atom stereocenters. The Bertz CT molecular complexity index is 711. The maximum Gasteiger partial charge on any atom is 0.191 e. The van der Waals surface area contributed by atoms with Crippen molar-refractivity contribution < 1.29 is 4.74 Å². The number of hydrogen-bond donors (Lipinski definition) is 2. The molecule has 144 valence electrons. The first-order valence-corrected chi connectivity index (χ1v) is 9.78. The first kappa shape index (κ1) is 19.4. The Hall–Kier alpha value is -2.37. The molecule has 1 heterocycles. The van der Waals surface area contributed by atoms with E-state index in [0.29, 0.717) is 6.54 Å². The van der Waals surface area contributed by atoms with Crippen LogP contribution in [-0.2, 0) is 24.4 Å². The monoisotopic (exact) mass is 366 g/mol. The summed E-state index contributed by atoms with van der Waals surface area (Å²) in [6.07, 6.45) is 0. The Morgan fingerprint density at radius 1 is 0.963 bits per heavy atom. The van der Waals surface area contributed by atoms with Crippen LogP contribution in [0.3, 0.4) is 0 Å². The molecule has 0 aliphatic carbocycles. The molecule has 1 fully saturated rings. The van der Waals surface area contributed by atoms with Gasteiger partial charge in [-0.3, -0.25) is 4.90 Å². The highest BCUT2D eigenvalue weighted by molar-refractivity contribution is 5.79. The summed E-state index contributed by atoms with van der Waals surface area (Å²) in [7, 11) is 0. The minimum absolute atomic E-state index is 0.672. The summed E-state index contributed by atoms with van der Waals surface area (Å²) >= 11 is 0. The van der Waals surface area contributed by atoms with Crippen molar-refractivity contribution in [3.8, 4) is 0 Å². The molecule has 0 saturated carbocycles. The van der Waals surface area contributed by atoms with E-state index >= 15 is 0 Å². The van der Waals surface area contributed by atoms with Gasteiger partial charge in [0.05, 0.1) is 19.8 Å². The molecule has 0 spiro atoms. The summed E-state index contributed by atoms with van der Waals surface area (Å²) in [4.78, 5) is 7.17. The highest BCUT2D eigenvalue weighted by atomic mass is 16.5. The lowest BCUT2D eigenvalue weighted by Gasteiger charge is -2.27. The van der Waals surface area contributed by atoms with Gasteiger partial charge in [-0.25, -0.2) is 4.99 Å². The van der Waals surface area contributed by atoms with Crippen LogP contribution in [-0.4, -0.2) is 43.7 Å². The van der Waals surface area contributed by atoms with Gasteiger partial charge in [0.2, 0.25) is 0 Å². The number of nitrogens with one attached hydrogen (secondary N) is 2. The fraction of sp³-hybridized carbons (Fsp3) is 0.409. The maximum absolute atomic E-state index is 5.46. The zero-order valence-electron chi connectivity index (χ0n) is 16.2. The molecular weight excluding hydrogens is 336 g/mol. The van der Waals surface area contributed by atoms with Gasteiger partial charge in [0.1, 0.15) is 0 Å². The van der Waals surface area contributed by atoms with Gasteiger partial charge in [0, 0.05) is 32.7 Å². The van der Waals surface area contributed by atoms with E-state index in [2.05, 4.69) is 58.9 Å².